The Labute approximate surface area is 165 Å². The largest absolute Gasteiger partial charge is 0.465 e. The van der Waals surface area contributed by atoms with Gasteiger partial charge in [0.2, 0.25) is 0 Å². The van der Waals surface area contributed by atoms with Gasteiger partial charge in [0.15, 0.2) is 0 Å². The van der Waals surface area contributed by atoms with Gasteiger partial charge in [-0.3, -0.25) is 0 Å². The molecule has 0 radical (unpaired) electrons. The Bertz CT molecular complexity index is 899. The molecular weight excluding hydrogens is 352 g/mol. The number of aryl methyl sites for hydroxylation is 2. The van der Waals surface area contributed by atoms with E-state index in [0.29, 0.717) is 17.7 Å². The van der Waals surface area contributed by atoms with E-state index in [1.165, 1.54) is 7.11 Å². The number of benzene rings is 3. The standard InChI is InChI=1S/C15H14O2.C9H10O2/c1-12-6-5-9-14(10-12)15(16)17-11-13-7-3-2-4-8-13;1-7-3-5-8(6-4-7)9(10)11-2/h2-10H,11H2,1H3;3-6H,1-2H3. The van der Waals surface area contributed by atoms with Crippen LogP contribution in [-0.4, -0.2) is 19.0 Å². The third-order valence-electron chi connectivity index (χ3n) is 3.94. The summed E-state index contributed by atoms with van der Waals surface area (Å²) in [6, 6.07) is 24.3. The third-order valence-corrected chi connectivity index (χ3v) is 3.94. The van der Waals surface area contributed by atoms with Gasteiger partial charge in [-0.15, -0.1) is 0 Å². The fourth-order valence-corrected chi connectivity index (χ4v) is 2.39. The van der Waals surface area contributed by atoms with E-state index in [1.807, 2.05) is 74.5 Å². The molecule has 0 bridgehead atoms. The van der Waals surface area contributed by atoms with Crippen molar-refractivity contribution < 1.29 is 19.1 Å². The molecule has 0 aromatic heterocycles. The molecule has 3 rings (SSSR count). The zero-order valence-corrected chi connectivity index (χ0v) is 16.3. The number of carbonyl (C=O) groups is 2. The Morgan fingerprint density at radius 2 is 1.39 bits per heavy atom. The van der Waals surface area contributed by atoms with Crippen molar-refractivity contribution in [3.05, 3.63) is 107 Å². The minimum Gasteiger partial charge on any atom is -0.465 e. The first-order valence-electron chi connectivity index (χ1n) is 8.92. The molecule has 3 aromatic carbocycles. The van der Waals surface area contributed by atoms with Gasteiger partial charge in [0.05, 0.1) is 18.2 Å². The molecule has 0 aliphatic heterocycles. The minimum absolute atomic E-state index is 0.280. The van der Waals surface area contributed by atoms with E-state index in [4.69, 9.17) is 4.74 Å². The normalized spacial score (nSPS) is 9.68. The van der Waals surface area contributed by atoms with Crippen molar-refractivity contribution in [2.24, 2.45) is 0 Å². The second kappa shape index (κ2) is 10.7. The van der Waals surface area contributed by atoms with Crippen molar-refractivity contribution in [2.75, 3.05) is 7.11 Å². The molecule has 0 aliphatic rings. The van der Waals surface area contributed by atoms with Gasteiger partial charge in [0.1, 0.15) is 6.61 Å². The van der Waals surface area contributed by atoms with Gasteiger partial charge in [-0.25, -0.2) is 9.59 Å². The predicted molar refractivity (Wildman–Crippen MR) is 109 cm³/mol. The zero-order chi connectivity index (χ0) is 20.4. The summed E-state index contributed by atoms with van der Waals surface area (Å²) in [5.74, 6) is -0.567. The highest BCUT2D eigenvalue weighted by molar-refractivity contribution is 5.89. The van der Waals surface area contributed by atoms with Crippen molar-refractivity contribution in [3.63, 3.8) is 0 Å². The molecule has 0 aliphatic carbocycles. The van der Waals surface area contributed by atoms with Gasteiger partial charge in [-0.1, -0.05) is 65.7 Å². The molecular formula is C24H24O4. The van der Waals surface area contributed by atoms with E-state index in [0.717, 1.165) is 16.7 Å². The summed E-state index contributed by atoms with van der Waals surface area (Å²) in [4.78, 5) is 22.7. The SMILES string of the molecule is COC(=O)c1ccc(C)cc1.Cc1cccc(C(=O)OCc2ccccc2)c1. The molecule has 0 amide bonds. The zero-order valence-electron chi connectivity index (χ0n) is 16.3. The number of methoxy groups -OCH3 is 1. The lowest BCUT2D eigenvalue weighted by molar-refractivity contribution is 0.0472. The Morgan fingerprint density at radius 1 is 0.714 bits per heavy atom. The van der Waals surface area contributed by atoms with Crippen LogP contribution in [0, 0.1) is 13.8 Å². The Hall–Kier alpha value is -3.40. The van der Waals surface area contributed by atoms with Crippen molar-refractivity contribution in [3.8, 4) is 0 Å². The summed E-state index contributed by atoms with van der Waals surface area (Å²) in [5.41, 5.74) is 4.38. The van der Waals surface area contributed by atoms with Crippen molar-refractivity contribution in [1.29, 1.82) is 0 Å². The highest BCUT2D eigenvalue weighted by Gasteiger charge is 2.06. The van der Waals surface area contributed by atoms with E-state index < -0.39 is 0 Å². The Balaban J connectivity index is 0.000000221. The van der Waals surface area contributed by atoms with Crippen LogP contribution < -0.4 is 0 Å². The molecule has 0 saturated heterocycles. The molecule has 4 nitrogen and oxygen atoms in total. The maximum absolute atomic E-state index is 11.7. The molecule has 4 heteroatoms. The smallest absolute Gasteiger partial charge is 0.338 e. The molecule has 0 saturated carbocycles. The average molecular weight is 376 g/mol. The molecule has 144 valence electrons. The van der Waals surface area contributed by atoms with E-state index in [1.54, 1.807) is 18.2 Å². The topological polar surface area (TPSA) is 52.6 Å². The molecule has 0 atom stereocenters. The summed E-state index contributed by atoms with van der Waals surface area (Å²) < 4.78 is 9.77. The van der Waals surface area contributed by atoms with Gasteiger partial charge >= 0.3 is 11.9 Å². The van der Waals surface area contributed by atoms with Crippen LogP contribution in [0.4, 0.5) is 0 Å². The molecule has 0 heterocycles. The first kappa shape index (κ1) is 20.9. The molecule has 28 heavy (non-hydrogen) atoms. The number of hydrogen-bond acceptors (Lipinski definition) is 4. The van der Waals surface area contributed by atoms with Gasteiger partial charge in [0.25, 0.3) is 0 Å². The van der Waals surface area contributed by atoms with Crippen LogP contribution in [0.2, 0.25) is 0 Å². The average Bonchev–Trinajstić information content (AvgIpc) is 2.73. The number of hydrogen-bond donors (Lipinski definition) is 0. The third kappa shape index (κ3) is 6.72. The number of esters is 2. The van der Waals surface area contributed by atoms with E-state index in [-0.39, 0.29) is 11.9 Å². The van der Waals surface area contributed by atoms with Gasteiger partial charge in [0, 0.05) is 0 Å². The number of carbonyl (C=O) groups excluding carboxylic acids is 2. The highest BCUT2D eigenvalue weighted by Crippen LogP contribution is 2.08. The quantitative estimate of drug-likeness (QED) is 0.592. The summed E-state index contributed by atoms with van der Waals surface area (Å²) in [5, 5.41) is 0. The fourth-order valence-electron chi connectivity index (χ4n) is 2.39. The Morgan fingerprint density at radius 3 is 2.00 bits per heavy atom. The van der Waals surface area contributed by atoms with Crippen LogP contribution >= 0.6 is 0 Å². The second-order valence-corrected chi connectivity index (χ2v) is 6.29. The number of ether oxygens (including phenoxy) is 2. The maximum atomic E-state index is 11.7. The second-order valence-electron chi connectivity index (χ2n) is 6.29. The van der Waals surface area contributed by atoms with E-state index >= 15 is 0 Å². The summed E-state index contributed by atoms with van der Waals surface area (Å²) in [7, 11) is 1.38. The van der Waals surface area contributed by atoms with E-state index in [2.05, 4.69) is 4.74 Å². The van der Waals surface area contributed by atoms with Gasteiger partial charge in [-0.05, 0) is 43.7 Å². The van der Waals surface area contributed by atoms with Crippen LogP contribution in [0.1, 0.15) is 37.4 Å². The fraction of sp³-hybridized carbons (Fsp3) is 0.167. The minimum atomic E-state index is -0.287. The van der Waals surface area contributed by atoms with Crippen molar-refractivity contribution in [1.82, 2.24) is 0 Å². The van der Waals surface area contributed by atoms with Crippen molar-refractivity contribution in [2.45, 2.75) is 20.5 Å². The van der Waals surface area contributed by atoms with Crippen LogP contribution in [0.5, 0.6) is 0 Å². The lowest BCUT2D eigenvalue weighted by atomic mass is 10.1. The molecule has 0 unspecified atom stereocenters. The predicted octanol–water partition coefficient (Wildman–Crippen LogP) is 5.13. The summed E-state index contributed by atoms with van der Waals surface area (Å²) in [6.45, 7) is 4.24. The maximum Gasteiger partial charge on any atom is 0.338 e. The Kier molecular flexibility index (Phi) is 7.97. The molecule has 0 spiro atoms. The lowest BCUT2D eigenvalue weighted by Gasteiger charge is -2.05. The summed E-state index contributed by atoms with van der Waals surface area (Å²) in [6.07, 6.45) is 0. The molecule has 3 aromatic rings. The monoisotopic (exact) mass is 376 g/mol. The van der Waals surface area contributed by atoms with Crippen LogP contribution in [-0.2, 0) is 16.1 Å². The van der Waals surface area contributed by atoms with E-state index in [9.17, 15) is 9.59 Å². The highest BCUT2D eigenvalue weighted by atomic mass is 16.5. The van der Waals surface area contributed by atoms with Crippen molar-refractivity contribution >= 4 is 11.9 Å². The van der Waals surface area contributed by atoms with Gasteiger partial charge in [-0.2, -0.15) is 0 Å². The van der Waals surface area contributed by atoms with Gasteiger partial charge < -0.3 is 9.47 Å². The molecule has 0 N–H and O–H groups in total. The van der Waals surface area contributed by atoms with Crippen LogP contribution in [0.15, 0.2) is 78.9 Å². The summed E-state index contributed by atoms with van der Waals surface area (Å²) >= 11 is 0. The number of rotatable bonds is 4. The first-order valence-corrected chi connectivity index (χ1v) is 8.92. The van der Waals surface area contributed by atoms with Crippen LogP contribution in [0.25, 0.3) is 0 Å². The first-order chi connectivity index (χ1) is 13.5. The molecule has 0 fully saturated rings. The lowest BCUT2D eigenvalue weighted by Crippen LogP contribution is -2.05. The van der Waals surface area contributed by atoms with Crippen LogP contribution in [0.3, 0.4) is 0 Å².